The number of benzene rings is 1. The van der Waals surface area contributed by atoms with Crippen LogP contribution in [0.15, 0.2) is 18.2 Å². The highest BCUT2D eigenvalue weighted by Gasteiger charge is 2.12. The molecule has 4 heteroatoms. The number of anilines is 1. The Morgan fingerprint density at radius 3 is 2.45 bits per heavy atom. The van der Waals surface area contributed by atoms with Gasteiger partial charge in [-0.15, -0.1) is 10.2 Å². The smallest absolute Gasteiger partial charge is 0.151 e. The summed E-state index contributed by atoms with van der Waals surface area (Å²) in [5.41, 5.74) is 4.49. The van der Waals surface area contributed by atoms with Crippen molar-refractivity contribution in [1.29, 1.82) is 0 Å². The number of nitrogens with zero attached hydrogens (tertiary/aromatic N) is 2. The summed E-state index contributed by atoms with van der Waals surface area (Å²) in [5.74, 6) is 0.563. The highest BCUT2D eigenvalue weighted by Crippen LogP contribution is 2.27. The van der Waals surface area contributed by atoms with Crippen LogP contribution in [0.1, 0.15) is 30.0 Å². The predicted octanol–water partition coefficient (Wildman–Crippen LogP) is 4.03. The third kappa shape index (κ3) is 2.95. The minimum atomic E-state index is -0.243. The first kappa shape index (κ1) is 14.4. The Hall–Kier alpha value is -1.97. The fourth-order valence-corrected chi connectivity index (χ4v) is 2.16. The van der Waals surface area contributed by atoms with Crippen LogP contribution < -0.4 is 5.32 Å². The van der Waals surface area contributed by atoms with Crippen molar-refractivity contribution < 1.29 is 4.39 Å². The lowest BCUT2D eigenvalue weighted by molar-refractivity contribution is 0.627. The van der Waals surface area contributed by atoms with Crippen LogP contribution in [-0.4, -0.2) is 16.7 Å². The van der Waals surface area contributed by atoms with E-state index in [-0.39, 0.29) is 5.82 Å². The predicted molar refractivity (Wildman–Crippen MR) is 80.4 cm³/mol. The highest BCUT2D eigenvalue weighted by molar-refractivity contribution is 5.67. The zero-order valence-electron chi connectivity index (χ0n) is 12.4. The van der Waals surface area contributed by atoms with E-state index in [1.54, 1.807) is 0 Å². The molecule has 0 unspecified atom stereocenters. The van der Waals surface area contributed by atoms with E-state index in [4.69, 9.17) is 0 Å². The lowest BCUT2D eigenvalue weighted by atomic mass is 10.0. The molecule has 0 saturated carbocycles. The van der Waals surface area contributed by atoms with Gasteiger partial charge in [0.25, 0.3) is 0 Å². The van der Waals surface area contributed by atoms with E-state index in [0.717, 1.165) is 46.7 Å². The van der Waals surface area contributed by atoms with Crippen LogP contribution in [0.2, 0.25) is 0 Å². The van der Waals surface area contributed by atoms with Crippen LogP contribution in [0.5, 0.6) is 0 Å². The van der Waals surface area contributed by atoms with Crippen molar-refractivity contribution in [3.8, 4) is 11.3 Å². The van der Waals surface area contributed by atoms with Crippen LogP contribution in [0.3, 0.4) is 0 Å². The molecule has 20 heavy (non-hydrogen) atoms. The summed E-state index contributed by atoms with van der Waals surface area (Å²) in [6.45, 7) is 8.85. The monoisotopic (exact) mass is 273 g/mol. The molecule has 0 aliphatic heterocycles. The van der Waals surface area contributed by atoms with E-state index in [1.165, 1.54) is 12.1 Å². The van der Waals surface area contributed by atoms with Crippen molar-refractivity contribution in [2.75, 3.05) is 11.9 Å². The average molecular weight is 273 g/mol. The minimum absolute atomic E-state index is 0.243. The SMILES string of the molecule is CCCNc1nnc(-c2cc(C)cc(F)c2)c(C)c1C. The van der Waals surface area contributed by atoms with Gasteiger partial charge in [-0.25, -0.2) is 4.39 Å². The summed E-state index contributed by atoms with van der Waals surface area (Å²) in [5, 5.41) is 11.8. The zero-order valence-corrected chi connectivity index (χ0v) is 12.4. The van der Waals surface area contributed by atoms with Crippen molar-refractivity contribution in [1.82, 2.24) is 10.2 Å². The van der Waals surface area contributed by atoms with E-state index in [1.807, 2.05) is 26.8 Å². The first-order valence-electron chi connectivity index (χ1n) is 6.88. The molecule has 0 radical (unpaired) electrons. The van der Waals surface area contributed by atoms with Crippen LogP contribution >= 0.6 is 0 Å². The van der Waals surface area contributed by atoms with Crippen molar-refractivity contribution in [3.05, 3.63) is 40.7 Å². The summed E-state index contributed by atoms with van der Waals surface area (Å²) in [6, 6.07) is 4.94. The lowest BCUT2D eigenvalue weighted by Crippen LogP contribution is -2.07. The van der Waals surface area contributed by atoms with Gasteiger partial charge in [-0.2, -0.15) is 0 Å². The van der Waals surface area contributed by atoms with Gasteiger partial charge in [0.1, 0.15) is 5.82 Å². The molecule has 1 heterocycles. The molecule has 1 aromatic carbocycles. The highest BCUT2D eigenvalue weighted by atomic mass is 19.1. The number of nitrogens with one attached hydrogen (secondary N) is 1. The van der Waals surface area contributed by atoms with Crippen molar-refractivity contribution in [2.24, 2.45) is 0 Å². The first-order valence-corrected chi connectivity index (χ1v) is 6.88. The summed E-state index contributed by atoms with van der Waals surface area (Å²) >= 11 is 0. The average Bonchev–Trinajstić information content (AvgIpc) is 2.39. The minimum Gasteiger partial charge on any atom is -0.368 e. The number of hydrogen-bond acceptors (Lipinski definition) is 3. The molecule has 1 aromatic heterocycles. The zero-order chi connectivity index (χ0) is 14.7. The number of halogens is 1. The van der Waals surface area contributed by atoms with E-state index in [9.17, 15) is 4.39 Å². The number of aromatic nitrogens is 2. The van der Waals surface area contributed by atoms with Crippen LogP contribution in [-0.2, 0) is 0 Å². The third-order valence-corrected chi connectivity index (χ3v) is 3.38. The quantitative estimate of drug-likeness (QED) is 0.914. The van der Waals surface area contributed by atoms with Crippen molar-refractivity contribution in [3.63, 3.8) is 0 Å². The molecule has 0 atom stereocenters. The van der Waals surface area contributed by atoms with E-state index in [2.05, 4.69) is 22.4 Å². The molecule has 0 amide bonds. The molecule has 1 N–H and O–H groups in total. The molecule has 106 valence electrons. The van der Waals surface area contributed by atoms with Gasteiger partial charge in [0.15, 0.2) is 5.82 Å². The van der Waals surface area contributed by atoms with Gasteiger partial charge in [0.05, 0.1) is 5.69 Å². The normalized spacial score (nSPS) is 10.7. The van der Waals surface area contributed by atoms with E-state index in [0.29, 0.717) is 0 Å². The standard InChI is InChI=1S/C16H20FN3/c1-5-6-18-16-12(4)11(3)15(19-20-16)13-7-10(2)8-14(17)9-13/h7-9H,5-6H2,1-4H3,(H,18,20). The maximum atomic E-state index is 13.5. The maximum absolute atomic E-state index is 13.5. The van der Waals surface area contributed by atoms with Crippen molar-refractivity contribution in [2.45, 2.75) is 34.1 Å². The summed E-state index contributed by atoms with van der Waals surface area (Å²) in [7, 11) is 0. The van der Waals surface area contributed by atoms with Crippen molar-refractivity contribution >= 4 is 5.82 Å². The molecular formula is C16H20FN3. The Bertz CT molecular complexity index is 603. The summed E-state index contributed by atoms with van der Waals surface area (Å²) < 4.78 is 13.5. The molecule has 0 aliphatic carbocycles. The number of aryl methyl sites for hydroxylation is 1. The van der Waals surface area contributed by atoms with Crippen LogP contribution in [0.25, 0.3) is 11.3 Å². The van der Waals surface area contributed by atoms with E-state index >= 15 is 0 Å². The molecule has 0 bridgehead atoms. The fourth-order valence-electron chi connectivity index (χ4n) is 2.16. The lowest BCUT2D eigenvalue weighted by Gasteiger charge is -2.12. The molecule has 3 nitrogen and oxygen atoms in total. The van der Waals surface area contributed by atoms with Gasteiger partial charge in [-0.3, -0.25) is 0 Å². The molecule has 0 fully saturated rings. The second-order valence-corrected chi connectivity index (χ2v) is 5.09. The van der Waals surface area contributed by atoms with Gasteiger partial charge < -0.3 is 5.32 Å². The van der Waals surface area contributed by atoms with Gasteiger partial charge in [-0.05, 0) is 62.1 Å². The Morgan fingerprint density at radius 1 is 1.05 bits per heavy atom. The largest absolute Gasteiger partial charge is 0.368 e. The van der Waals surface area contributed by atoms with Gasteiger partial charge in [0, 0.05) is 12.1 Å². The Kier molecular flexibility index (Phi) is 4.32. The number of rotatable bonds is 4. The third-order valence-electron chi connectivity index (χ3n) is 3.38. The van der Waals surface area contributed by atoms with E-state index < -0.39 is 0 Å². The van der Waals surface area contributed by atoms with Gasteiger partial charge >= 0.3 is 0 Å². The molecule has 2 rings (SSSR count). The van der Waals surface area contributed by atoms with Gasteiger partial charge in [0.2, 0.25) is 0 Å². The summed E-state index contributed by atoms with van der Waals surface area (Å²) in [6.07, 6.45) is 1.03. The fraction of sp³-hybridized carbons (Fsp3) is 0.375. The Morgan fingerprint density at radius 2 is 1.80 bits per heavy atom. The Balaban J connectivity index is 2.45. The second kappa shape index (κ2) is 5.99. The molecule has 0 saturated heterocycles. The maximum Gasteiger partial charge on any atom is 0.151 e. The molecular weight excluding hydrogens is 253 g/mol. The molecule has 0 spiro atoms. The topological polar surface area (TPSA) is 37.8 Å². The van der Waals surface area contributed by atoms with Crippen LogP contribution in [0.4, 0.5) is 10.2 Å². The summed E-state index contributed by atoms with van der Waals surface area (Å²) in [4.78, 5) is 0. The molecule has 2 aromatic rings. The van der Waals surface area contributed by atoms with Crippen LogP contribution in [0, 0.1) is 26.6 Å². The second-order valence-electron chi connectivity index (χ2n) is 5.09. The molecule has 0 aliphatic rings. The first-order chi connectivity index (χ1) is 9.52. The Labute approximate surface area is 119 Å². The van der Waals surface area contributed by atoms with Gasteiger partial charge in [-0.1, -0.05) is 6.92 Å². The number of hydrogen-bond donors (Lipinski definition) is 1.